The summed E-state index contributed by atoms with van der Waals surface area (Å²) in [5.74, 6) is 0.900. The number of carbonyl (C=O) groups is 3. The zero-order valence-electron chi connectivity index (χ0n) is 36.4. The SMILES string of the molecule is CC1(C)CC2(CC(C)(C)c3ccc(OC(=O)/C=C/c4ccc(OC(=O)OCOCC5CO5)cc4)cc3O2)Oc2cc(OOC/C=C/c3ccc(OC(=O)OCOCC4CO4)cc3)ccc21. The number of hydrogen-bond donors (Lipinski definition) is 0. The number of ether oxygens (including phenoxy) is 11. The van der Waals surface area contributed by atoms with Crippen molar-refractivity contribution in [3.8, 4) is 34.5 Å². The van der Waals surface area contributed by atoms with Gasteiger partial charge >= 0.3 is 18.3 Å². The van der Waals surface area contributed by atoms with E-state index in [9.17, 15) is 14.4 Å². The average Bonchev–Trinajstić information content (AvgIpc) is 4.21. The van der Waals surface area contributed by atoms with Crippen LogP contribution in [0.4, 0.5) is 9.59 Å². The molecule has 8 rings (SSSR count). The van der Waals surface area contributed by atoms with Gasteiger partial charge in [-0.1, -0.05) is 76.2 Å². The van der Waals surface area contributed by atoms with Crippen LogP contribution in [-0.4, -0.2) is 82.9 Å². The van der Waals surface area contributed by atoms with Crippen molar-refractivity contribution in [2.24, 2.45) is 0 Å². The van der Waals surface area contributed by atoms with E-state index in [4.69, 9.17) is 61.9 Å². The predicted molar refractivity (Wildman–Crippen MR) is 231 cm³/mol. The van der Waals surface area contributed by atoms with Crippen LogP contribution in [0.3, 0.4) is 0 Å². The van der Waals surface area contributed by atoms with Gasteiger partial charge in [0.2, 0.25) is 0 Å². The van der Waals surface area contributed by atoms with Crippen molar-refractivity contribution >= 4 is 30.4 Å². The average molecular weight is 895 g/mol. The summed E-state index contributed by atoms with van der Waals surface area (Å²) in [4.78, 5) is 47.9. The monoisotopic (exact) mass is 894 g/mol. The molecule has 2 fully saturated rings. The number of benzene rings is 4. The molecule has 4 aliphatic heterocycles. The van der Waals surface area contributed by atoms with Crippen LogP contribution in [0.1, 0.15) is 62.8 Å². The first-order valence-electron chi connectivity index (χ1n) is 21.1. The van der Waals surface area contributed by atoms with Crippen molar-refractivity contribution in [2.45, 2.75) is 69.4 Å². The Balaban J connectivity index is 0.826. The van der Waals surface area contributed by atoms with E-state index in [1.165, 1.54) is 6.08 Å². The van der Waals surface area contributed by atoms with Gasteiger partial charge in [0.25, 0.3) is 5.79 Å². The van der Waals surface area contributed by atoms with Crippen LogP contribution >= 0.6 is 0 Å². The highest BCUT2D eigenvalue weighted by molar-refractivity contribution is 5.88. The highest BCUT2D eigenvalue weighted by Gasteiger charge is 2.53. The Kier molecular flexibility index (Phi) is 13.7. The molecule has 4 aromatic rings. The molecule has 2 saturated heterocycles. The van der Waals surface area contributed by atoms with Crippen molar-refractivity contribution in [3.05, 3.63) is 119 Å². The van der Waals surface area contributed by atoms with Crippen molar-refractivity contribution in [2.75, 3.05) is 46.6 Å². The minimum atomic E-state index is -1.04. The van der Waals surface area contributed by atoms with Gasteiger partial charge in [-0.05, 0) is 53.6 Å². The quantitative estimate of drug-likeness (QED) is 0.0107. The summed E-state index contributed by atoms with van der Waals surface area (Å²) >= 11 is 0. The molecule has 65 heavy (non-hydrogen) atoms. The smallest absolute Gasteiger partial charge is 0.452 e. The first kappa shape index (κ1) is 45.1. The van der Waals surface area contributed by atoms with Gasteiger partial charge in [0.05, 0.1) is 26.4 Å². The molecule has 0 aliphatic carbocycles. The fraction of sp³-hybridized carbons (Fsp3) is 0.367. The minimum Gasteiger partial charge on any atom is -0.452 e. The normalized spacial score (nSPS) is 20.7. The van der Waals surface area contributed by atoms with Crippen LogP contribution < -0.4 is 28.6 Å². The molecule has 4 heterocycles. The standard InChI is InChI=1S/C49H50O16/c1-47(2)28-49(63-42-22-36(16-18-40(42)47)60-44(50)20-11-33-9-14-35(15-10-33)62-46(52)58-31-54-25-39-27-56-39)29-48(3,4)41-19-17-37(23-43(41)64-49)65-59-21-5-6-32-7-12-34(13-8-32)61-45(51)57-30-53-24-38-26-55-38/h5-20,22-23,38-39H,21,24-31H2,1-4H3/b6-5+,20-11+. The van der Waals surface area contributed by atoms with E-state index >= 15 is 0 Å². The third kappa shape index (κ3) is 12.6. The Morgan fingerprint density at radius 2 is 1.09 bits per heavy atom. The van der Waals surface area contributed by atoms with Gasteiger partial charge < -0.3 is 57.0 Å². The lowest BCUT2D eigenvalue weighted by molar-refractivity contribution is -0.196. The summed E-state index contributed by atoms with van der Waals surface area (Å²) in [6, 6.07) is 24.4. The molecule has 3 atom stereocenters. The number of esters is 1. The van der Waals surface area contributed by atoms with E-state index in [1.807, 2.05) is 24.3 Å². The molecular weight excluding hydrogens is 845 g/mol. The number of hydrogen-bond acceptors (Lipinski definition) is 16. The molecule has 16 heteroatoms. The van der Waals surface area contributed by atoms with E-state index < -0.39 is 24.1 Å². The second-order valence-corrected chi connectivity index (χ2v) is 17.1. The Labute approximate surface area is 375 Å². The van der Waals surface area contributed by atoms with Crippen molar-refractivity contribution in [1.29, 1.82) is 0 Å². The van der Waals surface area contributed by atoms with Crippen molar-refractivity contribution in [1.82, 2.24) is 0 Å². The lowest BCUT2D eigenvalue weighted by atomic mass is 9.69. The molecule has 0 radical (unpaired) electrons. The maximum absolute atomic E-state index is 12.9. The summed E-state index contributed by atoms with van der Waals surface area (Å²) < 4.78 is 59.7. The van der Waals surface area contributed by atoms with Crippen LogP contribution in [-0.2, 0) is 48.9 Å². The Morgan fingerprint density at radius 3 is 1.62 bits per heavy atom. The predicted octanol–water partition coefficient (Wildman–Crippen LogP) is 8.62. The molecule has 4 aliphatic rings. The van der Waals surface area contributed by atoms with Crippen molar-refractivity contribution < 1.29 is 76.3 Å². The molecule has 342 valence electrons. The number of fused-ring (bicyclic) bond motifs is 2. The fourth-order valence-corrected chi connectivity index (χ4v) is 7.63. The zero-order valence-corrected chi connectivity index (χ0v) is 36.4. The molecule has 0 aromatic heterocycles. The zero-order chi connectivity index (χ0) is 45.4. The third-order valence-electron chi connectivity index (χ3n) is 10.7. The lowest BCUT2D eigenvalue weighted by Gasteiger charge is -2.51. The van der Waals surface area contributed by atoms with Gasteiger partial charge in [-0.15, -0.1) is 0 Å². The van der Waals surface area contributed by atoms with Crippen LogP contribution in [0.15, 0.2) is 97.1 Å². The number of carbonyl (C=O) groups excluding carboxylic acids is 3. The first-order valence-corrected chi connectivity index (χ1v) is 21.1. The maximum Gasteiger partial charge on any atom is 0.515 e. The topological polar surface area (TPSA) is 178 Å². The van der Waals surface area contributed by atoms with Gasteiger partial charge in [-0.2, -0.15) is 4.89 Å². The van der Waals surface area contributed by atoms with Crippen molar-refractivity contribution in [3.63, 3.8) is 0 Å². The van der Waals surface area contributed by atoms with Gasteiger partial charge in [-0.25, -0.2) is 14.4 Å². The van der Waals surface area contributed by atoms with Crippen LogP contribution in [0.25, 0.3) is 12.2 Å². The second kappa shape index (κ2) is 19.8. The van der Waals surface area contributed by atoms with E-state index in [-0.39, 0.29) is 49.0 Å². The second-order valence-electron chi connectivity index (χ2n) is 17.1. The van der Waals surface area contributed by atoms with Gasteiger partial charge in [-0.3, -0.25) is 0 Å². The molecule has 0 saturated carbocycles. The van der Waals surface area contributed by atoms with E-state index in [0.717, 1.165) is 16.7 Å². The Bertz CT molecular complexity index is 2380. The molecular formula is C49H50O16. The lowest BCUT2D eigenvalue weighted by Crippen LogP contribution is -2.55. The van der Waals surface area contributed by atoms with Gasteiger partial charge in [0.1, 0.15) is 47.6 Å². The van der Waals surface area contributed by atoms with Crippen LogP contribution in [0.2, 0.25) is 0 Å². The molecule has 0 amide bonds. The summed E-state index contributed by atoms with van der Waals surface area (Å²) in [6.07, 6.45) is 6.03. The van der Waals surface area contributed by atoms with E-state index in [1.54, 1.807) is 78.9 Å². The van der Waals surface area contributed by atoms with Gasteiger partial charge in [0.15, 0.2) is 19.3 Å². The molecule has 3 unspecified atom stereocenters. The molecule has 0 bridgehead atoms. The highest BCUT2D eigenvalue weighted by atomic mass is 17.2. The first-order chi connectivity index (χ1) is 31.3. The van der Waals surface area contributed by atoms with E-state index in [0.29, 0.717) is 73.6 Å². The Morgan fingerprint density at radius 1 is 0.615 bits per heavy atom. The maximum atomic E-state index is 12.9. The summed E-state index contributed by atoms with van der Waals surface area (Å²) in [7, 11) is 0. The van der Waals surface area contributed by atoms with E-state index in [2.05, 4.69) is 27.7 Å². The molecule has 16 nitrogen and oxygen atoms in total. The summed E-state index contributed by atoms with van der Waals surface area (Å²) in [5, 5.41) is 0. The summed E-state index contributed by atoms with van der Waals surface area (Å²) in [6.45, 7) is 10.3. The highest BCUT2D eigenvalue weighted by Crippen LogP contribution is 2.54. The third-order valence-corrected chi connectivity index (χ3v) is 10.7. The number of rotatable bonds is 18. The molecule has 1 spiro atoms. The molecule has 0 N–H and O–H groups in total. The van der Waals surface area contributed by atoms with Gasteiger partial charge in [0, 0.05) is 53.0 Å². The Hall–Kier alpha value is -6.43. The largest absolute Gasteiger partial charge is 0.515 e. The molecule has 4 aromatic carbocycles. The number of epoxide rings is 2. The van der Waals surface area contributed by atoms with Crippen LogP contribution in [0.5, 0.6) is 34.5 Å². The minimum absolute atomic E-state index is 0.0634. The van der Waals surface area contributed by atoms with Crippen LogP contribution in [0, 0.1) is 0 Å². The summed E-state index contributed by atoms with van der Waals surface area (Å²) in [5.41, 5.74) is 2.79. The fourth-order valence-electron chi connectivity index (χ4n) is 7.63.